The zero-order valence-electron chi connectivity index (χ0n) is 11.6. The van der Waals surface area contributed by atoms with E-state index in [1.165, 1.54) is 18.9 Å². The van der Waals surface area contributed by atoms with Crippen LogP contribution in [-0.4, -0.2) is 6.04 Å². The summed E-state index contributed by atoms with van der Waals surface area (Å²) < 4.78 is 13.2. The first-order valence-electron chi connectivity index (χ1n) is 6.66. The van der Waals surface area contributed by atoms with Crippen LogP contribution in [0.25, 0.3) is 0 Å². The van der Waals surface area contributed by atoms with Crippen LogP contribution in [0.5, 0.6) is 0 Å². The average molecular weight is 285 g/mol. The van der Waals surface area contributed by atoms with Crippen molar-refractivity contribution < 1.29 is 4.39 Å². The van der Waals surface area contributed by atoms with Gasteiger partial charge in [-0.15, -0.1) is 0 Å². The number of hydrogen-bond donors (Lipinski definition) is 1. The van der Waals surface area contributed by atoms with E-state index in [4.69, 9.17) is 17.3 Å². The molecule has 0 bridgehead atoms. The molecule has 0 radical (unpaired) electrons. The smallest absolute Gasteiger partial charge is 0.141 e. The van der Waals surface area contributed by atoms with Crippen molar-refractivity contribution in [1.82, 2.24) is 0 Å². The Morgan fingerprint density at radius 2 is 2.16 bits per heavy atom. The quantitative estimate of drug-likeness (QED) is 0.736. The molecule has 0 saturated heterocycles. The highest BCUT2D eigenvalue weighted by Crippen LogP contribution is 2.27. The van der Waals surface area contributed by atoms with Gasteiger partial charge in [-0.1, -0.05) is 44.4 Å². The van der Waals surface area contributed by atoms with E-state index in [2.05, 4.69) is 20.4 Å². The van der Waals surface area contributed by atoms with Crippen molar-refractivity contribution in [2.75, 3.05) is 4.90 Å². The molecular formula is C15H22ClFN2. The number of benzene rings is 1. The van der Waals surface area contributed by atoms with E-state index in [9.17, 15) is 4.39 Å². The zero-order chi connectivity index (χ0) is 14.4. The second-order valence-corrected chi connectivity index (χ2v) is 5.21. The van der Waals surface area contributed by atoms with Gasteiger partial charge in [0, 0.05) is 11.7 Å². The number of halogens is 2. The summed E-state index contributed by atoms with van der Waals surface area (Å²) in [5.74, 6) is 0.0262. The molecule has 19 heavy (non-hydrogen) atoms. The summed E-state index contributed by atoms with van der Waals surface area (Å²) in [6.45, 7) is 8.06. The lowest BCUT2D eigenvalue weighted by atomic mass is 10.1. The van der Waals surface area contributed by atoms with E-state index < -0.39 is 5.82 Å². The highest BCUT2D eigenvalue weighted by atomic mass is 35.5. The van der Waals surface area contributed by atoms with Crippen molar-refractivity contribution in [1.29, 1.82) is 0 Å². The van der Waals surface area contributed by atoms with Crippen molar-refractivity contribution >= 4 is 17.3 Å². The molecule has 1 aromatic rings. The van der Waals surface area contributed by atoms with Gasteiger partial charge >= 0.3 is 0 Å². The van der Waals surface area contributed by atoms with E-state index in [1.54, 1.807) is 12.1 Å². The van der Waals surface area contributed by atoms with Crippen LogP contribution in [0, 0.1) is 5.82 Å². The molecule has 1 rings (SSSR count). The van der Waals surface area contributed by atoms with Gasteiger partial charge in [0.05, 0.1) is 10.8 Å². The van der Waals surface area contributed by atoms with E-state index in [1.807, 2.05) is 4.90 Å². The molecule has 0 aromatic heterocycles. The van der Waals surface area contributed by atoms with Gasteiger partial charge in [0.2, 0.25) is 0 Å². The lowest BCUT2D eigenvalue weighted by Crippen LogP contribution is -2.35. The van der Waals surface area contributed by atoms with Gasteiger partial charge in [-0.05, 0) is 31.5 Å². The van der Waals surface area contributed by atoms with Gasteiger partial charge in [-0.2, -0.15) is 0 Å². The highest BCUT2D eigenvalue weighted by Gasteiger charge is 2.16. The number of rotatable bonds is 7. The Hall–Kier alpha value is -1.22. The van der Waals surface area contributed by atoms with Gasteiger partial charge < -0.3 is 10.6 Å². The second-order valence-electron chi connectivity index (χ2n) is 4.80. The molecule has 2 nitrogen and oxygen atoms in total. The van der Waals surface area contributed by atoms with E-state index in [0.29, 0.717) is 5.82 Å². The molecule has 0 saturated carbocycles. The maximum absolute atomic E-state index is 13.2. The standard InChI is InChI=1S/C15H22ClFN2/c1-4-5-6-7-11(2)19(12(3)18)13-8-9-15(17)14(16)10-13/h8-11H,3-7,18H2,1-2H3. The highest BCUT2D eigenvalue weighted by molar-refractivity contribution is 6.31. The van der Waals surface area contributed by atoms with E-state index >= 15 is 0 Å². The second kappa shape index (κ2) is 7.39. The van der Waals surface area contributed by atoms with Gasteiger partial charge in [0.15, 0.2) is 0 Å². The number of unbranched alkanes of at least 4 members (excludes halogenated alkanes) is 2. The molecule has 106 valence electrons. The molecule has 4 heteroatoms. The average Bonchev–Trinajstić information content (AvgIpc) is 2.34. The van der Waals surface area contributed by atoms with Crippen LogP contribution in [0.3, 0.4) is 0 Å². The minimum Gasteiger partial charge on any atom is -0.386 e. The zero-order valence-corrected chi connectivity index (χ0v) is 12.4. The summed E-state index contributed by atoms with van der Waals surface area (Å²) in [6.07, 6.45) is 4.52. The summed E-state index contributed by atoms with van der Waals surface area (Å²) in [5, 5.41) is 0.101. The lowest BCUT2D eigenvalue weighted by molar-refractivity contribution is 0.569. The number of anilines is 1. The summed E-state index contributed by atoms with van der Waals surface area (Å²) in [6, 6.07) is 4.83. The van der Waals surface area contributed by atoms with Crippen molar-refractivity contribution in [3.05, 3.63) is 41.4 Å². The summed E-state index contributed by atoms with van der Waals surface area (Å²) in [5.41, 5.74) is 6.64. The Bertz CT molecular complexity index is 434. The van der Waals surface area contributed by atoms with Crippen LogP contribution < -0.4 is 10.6 Å². The summed E-state index contributed by atoms with van der Waals surface area (Å²) >= 11 is 5.82. The first-order valence-corrected chi connectivity index (χ1v) is 7.03. The molecule has 2 N–H and O–H groups in total. The van der Waals surface area contributed by atoms with Gasteiger partial charge in [-0.25, -0.2) is 4.39 Å². The molecule has 0 aliphatic rings. The predicted molar refractivity (Wildman–Crippen MR) is 80.8 cm³/mol. The Balaban J connectivity index is 2.87. The Morgan fingerprint density at radius 1 is 1.47 bits per heavy atom. The molecule has 1 unspecified atom stereocenters. The first-order chi connectivity index (χ1) is 8.97. The van der Waals surface area contributed by atoms with E-state index in [-0.39, 0.29) is 11.1 Å². The first kappa shape index (κ1) is 15.8. The molecule has 0 aliphatic carbocycles. The largest absolute Gasteiger partial charge is 0.386 e. The topological polar surface area (TPSA) is 29.3 Å². The number of nitrogens with two attached hydrogens (primary N) is 1. The van der Waals surface area contributed by atoms with Crippen LogP contribution in [0.4, 0.5) is 10.1 Å². The van der Waals surface area contributed by atoms with Crippen LogP contribution in [0.15, 0.2) is 30.6 Å². The maximum Gasteiger partial charge on any atom is 0.141 e. The Labute approximate surface area is 120 Å². The summed E-state index contributed by atoms with van der Waals surface area (Å²) in [7, 11) is 0. The third-order valence-corrected chi connectivity index (χ3v) is 3.45. The van der Waals surface area contributed by atoms with E-state index in [0.717, 1.165) is 18.5 Å². The molecule has 0 amide bonds. The third-order valence-electron chi connectivity index (χ3n) is 3.16. The maximum atomic E-state index is 13.2. The minimum atomic E-state index is -0.424. The fourth-order valence-electron chi connectivity index (χ4n) is 2.16. The Morgan fingerprint density at radius 3 is 2.68 bits per heavy atom. The van der Waals surface area contributed by atoms with Crippen LogP contribution >= 0.6 is 11.6 Å². The molecule has 1 aromatic carbocycles. The third kappa shape index (κ3) is 4.43. The van der Waals surface area contributed by atoms with Crippen LogP contribution in [0.2, 0.25) is 5.02 Å². The van der Waals surface area contributed by atoms with Crippen LogP contribution in [-0.2, 0) is 0 Å². The fraction of sp³-hybridized carbons (Fsp3) is 0.467. The molecule has 0 spiro atoms. The van der Waals surface area contributed by atoms with Crippen LogP contribution in [0.1, 0.15) is 39.5 Å². The minimum absolute atomic E-state index is 0.101. The number of nitrogens with zero attached hydrogens (tertiary/aromatic N) is 1. The molecular weight excluding hydrogens is 263 g/mol. The molecule has 1 atom stereocenters. The van der Waals surface area contributed by atoms with Gasteiger partial charge in [0.25, 0.3) is 0 Å². The SMILES string of the molecule is C=C(N)N(c1ccc(F)c(Cl)c1)C(C)CCCCC. The van der Waals surface area contributed by atoms with Gasteiger partial charge in [0.1, 0.15) is 5.82 Å². The molecule has 0 aliphatic heterocycles. The monoisotopic (exact) mass is 284 g/mol. The lowest BCUT2D eigenvalue weighted by Gasteiger charge is -2.31. The summed E-state index contributed by atoms with van der Waals surface area (Å²) in [4.78, 5) is 1.90. The molecule has 0 fully saturated rings. The Kier molecular flexibility index (Phi) is 6.16. The predicted octanol–water partition coefficient (Wildman–Crippen LogP) is 4.68. The van der Waals surface area contributed by atoms with Crippen molar-refractivity contribution in [2.24, 2.45) is 5.73 Å². The normalized spacial score (nSPS) is 12.2. The molecule has 0 heterocycles. The van der Waals surface area contributed by atoms with Crippen molar-refractivity contribution in [3.63, 3.8) is 0 Å². The fourth-order valence-corrected chi connectivity index (χ4v) is 2.33. The van der Waals surface area contributed by atoms with Gasteiger partial charge in [-0.3, -0.25) is 0 Å². The van der Waals surface area contributed by atoms with Crippen molar-refractivity contribution in [3.8, 4) is 0 Å². The number of hydrogen-bond acceptors (Lipinski definition) is 2. The van der Waals surface area contributed by atoms with Crippen molar-refractivity contribution in [2.45, 2.75) is 45.6 Å².